The third kappa shape index (κ3) is 7.62. The molecule has 2 N–H and O–H groups in total. The lowest BCUT2D eigenvalue weighted by molar-refractivity contribution is -0.137. The fraction of sp³-hybridized carbons (Fsp3) is 0.500. The van der Waals surface area contributed by atoms with Gasteiger partial charge in [0.05, 0.1) is 5.56 Å². The highest BCUT2D eigenvalue weighted by molar-refractivity contribution is 5.97. The van der Waals surface area contributed by atoms with Crippen molar-refractivity contribution in [3.8, 4) is 11.1 Å². The monoisotopic (exact) mass is 527 g/mol. The van der Waals surface area contributed by atoms with E-state index in [2.05, 4.69) is 15.6 Å². The van der Waals surface area contributed by atoms with E-state index in [1.807, 2.05) is 0 Å². The van der Waals surface area contributed by atoms with E-state index in [1.165, 1.54) is 31.2 Å². The molecule has 0 bridgehead atoms. The number of rotatable bonds is 5. The molecule has 0 saturated heterocycles. The molecule has 1 unspecified atom stereocenters. The SMILES string of the molecule is Cc1nccc(C(F)(F)F)c1-c1ccc(NC(=O)C(NC(=O)OC(C)(C)C)C2CCC(F)(F)CC2)cc1. The number of anilines is 1. The van der Waals surface area contributed by atoms with E-state index in [0.717, 1.165) is 12.3 Å². The zero-order valence-electron chi connectivity index (χ0n) is 21.0. The highest BCUT2D eigenvalue weighted by atomic mass is 19.4. The molecule has 202 valence electrons. The second kappa shape index (κ2) is 10.6. The lowest BCUT2D eigenvalue weighted by Gasteiger charge is -2.33. The first-order valence-electron chi connectivity index (χ1n) is 11.9. The topological polar surface area (TPSA) is 80.3 Å². The number of hydrogen-bond acceptors (Lipinski definition) is 4. The van der Waals surface area contributed by atoms with Gasteiger partial charge in [-0.3, -0.25) is 9.78 Å². The van der Waals surface area contributed by atoms with Crippen LogP contribution < -0.4 is 10.6 Å². The van der Waals surface area contributed by atoms with E-state index < -0.39 is 60.1 Å². The maximum atomic E-state index is 13.7. The van der Waals surface area contributed by atoms with E-state index in [4.69, 9.17) is 4.74 Å². The summed E-state index contributed by atoms with van der Waals surface area (Å²) in [7, 11) is 0. The van der Waals surface area contributed by atoms with E-state index >= 15 is 0 Å². The van der Waals surface area contributed by atoms with Gasteiger partial charge < -0.3 is 15.4 Å². The number of aromatic nitrogens is 1. The minimum absolute atomic E-state index is 0.0281. The van der Waals surface area contributed by atoms with Crippen molar-refractivity contribution >= 4 is 17.7 Å². The molecule has 2 aromatic rings. The number of carbonyl (C=O) groups is 2. The Hall–Kier alpha value is -3.24. The zero-order chi connectivity index (χ0) is 27.6. The summed E-state index contributed by atoms with van der Waals surface area (Å²) in [5.41, 5.74) is -1.01. The number of aryl methyl sites for hydroxylation is 1. The molecule has 1 fully saturated rings. The van der Waals surface area contributed by atoms with Crippen LogP contribution in [0.15, 0.2) is 36.5 Å². The quantitative estimate of drug-likeness (QED) is 0.423. The van der Waals surface area contributed by atoms with E-state index in [9.17, 15) is 31.5 Å². The van der Waals surface area contributed by atoms with Crippen molar-refractivity contribution in [2.45, 2.75) is 77.1 Å². The largest absolute Gasteiger partial charge is 0.444 e. The van der Waals surface area contributed by atoms with Gasteiger partial charge in [0, 0.05) is 36.0 Å². The molecule has 6 nitrogen and oxygen atoms in total. The van der Waals surface area contributed by atoms with Crippen LogP contribution in [0.25, 0.3) is 11.1 Å². The Morgan fingerprint density at radius 3 is 2.19 bits per heavy atom. The van der Waals surface area contributed by atoms with Gasteiger partial charge >= 0.3 is 12.3 Å². The van der Waals surface area contributed by atoms with Crippen molar-refractivity contribution in [3.05, 3.63) is 47.8 Å². The number of alkyl halides is 5. The molecule has 0 radical (unpaired) electrons. The predicted octanol–water partition coefficient (Wildman–Crippen LogP) is 6.73. The summed E-state index contributed by atoms with van der Waals surface area (Å²) in [6.07, 6.45) is -5.09. The van der Waals surface area contributed by atoms with Gasteiger partial charge in [-0.2, -0.15) is 13.2 Å². The number of nitrogens with zero attached hydrogens (tertiary/aromatic N) is 1. The fourth-order valence-electron chi connectivity index (χ4n) is 4.34. The van der Waals surface area contributed by atoms with Crippen molar-refractivity contribution in [1.82, 2.24) is 10.3 Å². The molecular weight excluding hydrogens is 497 g/mol. The number of alkyl carbamates (subject to hydrolysis) is 1. The molecule has 1 aliphatic rings. The number of hydrogen-bond donors (Lipinski definition) is 2. The predicted molar refractivity (Wildman–Crippen MR) is 128 cm³/mol. The van der Waals surface area contributed by atoms with Crippen LogP contribution in [0.1, 0.15) is 57.7 Å². The van der Waals surface area contributed by atoms with Crippen LogP contribution in [0.3, 0.4) is 0 Å². The Labute approximate surface area is 212 Å². The summed E-state index contributed by atoms with van der Waals surface area (Å²) in [6.45, 7) is 6.43. The molecule has 2 amide bonds. The Morgan fingerprint density at radius 1 is 1.05 bits per heavy atom. The molecule has 0 spiro atoms. The molecule has 1 atom stereocenters. The number of benzene rings is 1. The summed E-state index contributed by atoms with van der Waals surface area (Å²) >= 11 is 0. The van der Waals surface area contributed by atoms with E-state index in [-0.39, 0.29) is 35.3 Å². The lowest BCUT2D eigenvalue weighted by atomic mass is 9.81. The summed E-state index contributed by atoms with van der Waals surface area (Å²) in [6, 6.07) is 5.47. The third-order valence-electron chi connectivity index (χ3n) is 6.07. The number of halogens is 5. The molecule has 3 rings (SSSR count). The lowest BCUT2D eigenvalue weighted by Crippen LogP contribution is -2.51. The molecule has 1 saturated carbocycles. The number of nitrogens with one attached hydrogen (secondary N) is 2. The van der Waals surface area contributed by atoms with E-state index in [1.54, 1.807) is 20.8 Å². The van der Waals surface area contributed by atoms with Crippen LogP contribution in [-0.4, -0.2) is 34.5 Å². The molecule has 1 aromatic carbocycles. The molecule has 11 heteroatoms. The van der Waals surface area contributed by atoms with Gasteiger partial charge in [-0.05, 0) is 70.2 Å². The van der Waals surface area contributed by atoms with Crippen LogP contribution in [0.4, 0.5) is 32.4 Å². The van der Waals surface area contributed by atoms with Crippen molar-refractivity contribution in [2.75, 3.05) is 5.32 Å². The third-order valence-corrected chi connectivity index (χ3v) is 6.07. The van der Waals surface area contributed by atoms with Crippen LogP contribution in [-0.2, 0) is 15.7 Å². The minimum Gasteiger partial charge on any atom is -0.444 e. The first kappa shape index (κ1) is 28.3. The van der Waals surface area contributed by atoms with Crippen molar-refractivity contribution in [3.63, 3.8) is 0 Å². The minimum atomic E-state index is -4.58. The fourth-order valence-corrected chi connectivity index (χ4v) is 4.34. The number of ether oxygens (including phenoxy) is 1. The van der Waals surface area contributed by atoms with Gasteiger partial charge in [-0.1, -0.05) is 12.1 Å². The standard InChI is InChI=1S/C26H30F5N3O3/c1-15-20(19(11-14-32-15)26(29,30)31)16-5-7-18(8-6-16)33-22(35)21(34-23(36)37-24(2,3)4)17-9-12-25(27,28)13-10-17/h5-8,11,14,17,21H,9-10,12-13H2,1-4H3,(H,33,35)(H,34,36). The average molecular weight is 528 g/mol. The second-order valence-corrected chi connectivity index (χ2v) is 10.2. The van der Waals surface area contributed by atoms with E-state index in [0.29, 0.717) is 0 Å². The van der Waals surface area contributed by atoms with Crippen LogP contribution in [0, 0.1) is 12.8 Å². The van der Waals surface area contributed by atoms with Crippen molar-refractivity contribution in [2.24, 2.45) is 5.92 Å². The summed E-state index contributed by atoms with van der Waals surface area (Å²) in [4.78, 5) is 29.5. The van der Waals surface area contributed by atoms with Crippen LogP contribution >= 0.6 is 0 Å². The van der Waals surface area contributed by atoms with Crippen LogP contribution in [0.2, 0.25) is 0 Å². The summed E-state index contributed by atoms with van der Waals surface area (Å²) in [5, 5.41) is 5.14. The van der Waals surface area contributed by atoms with Gasteiger partial charge in [0.15, 0.2) is 0 Å². The van der Waals surface area contributed by atoms with Gasteiger partial charge in [0.2, 0.25) is 11.8 Å². The molecule has 1 heterocycles. The highest BCUT2D eigenvalue weighted by Gasteiger charge is 2.41. The second-order valence-electron chi connectivity index (χ2n) is 10.2. The van der Waals surface area contributed by atoms with Crippen molar-refractivity contribution in [1.29, 1.82) is 0 Å². The number of carbonyl (C=O) groups excluding carboxylic acids is 2. The van der Waals surface area contributed by atoms with Crippen molar-refractivity contribution < 1.29 is 36.3 Å². The zero-order valence-corrected chi connectivity index (χ0v) is 21.0. The Bertz CT molecular complexity index is 1120. The first-order chi connectivity index (χ1) is 17.1. The number of amides is 2. The Balaban J connectivity index is 1.81. The highest BCUT2D eigenvalue weighted by Crippen LogP contribution is 2.39. The smallest absolute Gasteiger partial charge is 0.417 e. The molecule has 1 aromatic heterocycles. The van der Waals surface area contributed by atoms with Crippen LogP contribution in [0.5, 0.6) is 0 Å². The van der Waals surface area contributed by atoms with Gasteiger partial charge in [-0.25, -0.2) is 13.6 Å². The van der Waals surface area contributed by atoms with Gasteiger partial charge in [0.25, 0.3) is 0 Å². The maximum absolute atomic E-state index is 13.7. The molecular formula is C26H30F5N3O3. The Morgan fingerprint density at radius 2 is 1.65 bits per heavy atom. The molecule has 37 heavy (non-hydrogen) atoms. The maximum Gasteiger partial charge on any atom is 0.417 e. The first-order valence-corrected chi connectivity index (χ1v) is 11.9. The Kier molecular flexibility index (Phi) is 8.14. The van der Waals surface area contributed by atoms with Gasteiger partial charge in [0.1, 0.15) is 11.6 Å². The molecule has 0 aliphatic heterocycles. The molecule has 1 aliphatic carbocycles. The number of pyridine rings is 1. The summed E-state index contributed by atoms with van der Waals surface area (Å²) in [5.74, 6) is -4.00. The average Bonchev–Trinajstić information content (AvgIpc) is 2.76. The van der Waals surface area contributed by atoms with Gasteiger partial charge in [-0.15, -0.1) is 0 Å². The normalized spacial score (nSPS) is 17.1. The summed E-state index contributed by atoms with van der Waals surface area (Å²) < 4.78 is 73.2.